The van der Waals surface area contributed by atoms with Crippen molar-refractivity contribution in [2.75, 3.05) is 18.5 Å². The SMILES string of the molecule is CN(CC1CCC(=O)CC1)c1cccs1. The van der Waals surface area contributed by atoms with Gasteiger partial charge in [-0.3, -0.25) is 4.79 Å². The Morgan fingerprint density at radius 3 is 2.80 bits per heavy atom. The summed E-state index contributed by atoms with van der Waals surface area (Å²) in [4.78, 5) is 13.4. The lowest BCUT2D eigenvalue weighted by molar-refractivity contribution is -0.120. The first-order chi connectivity index (χ1) is 7.25. The summed E-state index contributed by atoms with van der Waals surface area (Å²) in [6.07, 6.45) is 3.75. The van der Waals surface area contributed by atoms with E-state index < -0.39 is 0 Å². The zero-order valence-electron chi connectivity index (χ0n) is 9.11. The van der Waals surface area contributed by atoms with Gasteiger partial charge in [-0.15, -0.1) is 11.3 Å². The number of anilines is 1. The lowest BCUT2D eigenvalue weighted by atomic mass is 9.88. The minimum absolute atomic E-state index is 0.449. The van der Waals surface area contributed by atoms with Gasteiger partial charge in [-0.25, -0.2) is 0 Å². The van der Waals surface area contributed by atoms with E-state index in [-0.39, 0.29) is 0 Å². The molecular formula is C12H17NOS. The van der Waals surface area contributed by atoms with Crippen molar-refractivity contribution in [1.82, 2.24) is 0 Å². The number of ketones is 1. The summed E-state index contributed by atoms with van der Waals surface area (Å²) in [5, 5.41) is 3.43. The summed E-state index contributed by atoms with van der Waals surface area (Å²) >= 11 is 1.78. The normalized spacial score (nSPS) is 18.1. The average Bonchev–Trinajstić information content (AvgIpc) is 2.74. The van der Waals surface area contributed by atoms with Gasteiger partial charge in [0.15, 0.2) is 0 Å². The third-order valence-corrected chi connectivity index (χ3v) is 4.06. The van der Waals surface area contributed by atoms with Crippen molar-refractivity contribution in [3.63, 3.8) is 0 Å². The minimum atomic E-state index is 0.449. The Morgan fingerprint density at radius 2 is 2.20 bits per heavy atom. The van der Waals surface area contributed by atoms with Crippen LogP contribution in [0.5, 0.6) is 0 Å². The topological polar surface area (TPSA) is 20.3 Å². The largest absolute Gasteiger partial charge is 0.366 e. The molecule has 2 rings (SSSR count). The Morgan fingerprint density at radius 1 is 1.47 bits per heavy atom. The molecule has 1 aliphatic rings. The number of carbonyl (C=O) groups is 1. The van der Waals surface area contributed by atoms with Crippen molar-refractivity contribution in [3.05, 3.63) is 17.5 Å². The van der Waals surface area contributed by atoms with Gasteiger partial charge < -0.3 is 4.90 Å². The highest BCUT2D eigenvalue weighted by Gasteiger charge is 2.20. The first-order valence-corrected chi connectivity index (χ1v) is 6.40. The van der Waals surface area contributed by atoms with Crippen LogP contribution in [0.15, 0.2) is 17.5 Å². The molecule has 0 spiro atoms. The first-order valence-electron chi connectivity index (χ1n) is 5.52. The minimum Gasteiger partial charge on any atom is -0.366 e. The molecule has 2 nitrogen and oxygen atoms in total. The predicted octanol–water partition coefficient (Wildman–Crippen LogP) is 2.94. The average molecular weight is 223 g/mol. The standard InChI is InChI=1S/C12H17NOS/c1-13(12-3-2-8-15-12)9-10-4-6-11(14)7-5-10/h2-3,8,10H,4-7,9H2,1H3. The summed E-state index contributed by atoms with van der Waals surface area (Å²) < 4.78 is 0. The fraction of sp³-hybridized carbons (Fsp3) is 0.583. The Hall–Kier alpha value is -0.830. The van der Waals surface area contributed by atoms with Crippen molar-refractivity contribution in [3.8, 4) is 0 Å². The van der Waals surface area contributed by atoms with Crippen molar-refractivity contribution >= 4 is 22.1 Å². The van der Waals surface area contributed by atoms with E-state index in [1.54, 1.807) is 11.3 Å². The molecule has 0 aliphatic heterocycles. The van der Waals surface area contributed by atoms with E-state index in [0.29, 0.717) is 11.7 Å². The van der Waals surface area contributed by atoms with E-state index in [0.717, 1.165) is 32.2 Å². The molecule has 1 aliphatic carbocycles. The second-order valence-electron chi connectivity index (χ2n) is 4.31. The molecule has 1 aromatic heterocycles. The highest BCUT2D eigenvalue weighted by molar-refractivity contribution is 7.14. The predicted molar refractivity (Wildman–Crippen MR) is 64.6 cm³/mol. The number of hydrogen-bond donors (Lipinski definition) is 0. The second-order valence-corrected chi connectivity index (χ2v) is 5.24. The van der Waals surface area contributed by atoms with Gasteiger partial charge in [-0.1, -0.05) is 0 Å². The molecule has 0 aromatic carbocycles. The summed E-state index contributed by atoms with van der Waals surface area (Å²) in [6, 6.07) is 4.24. The summed E-state index contributed by atoms with van der Waals surface area (Å²) in [5.74, 6) is 1.15. The van der Waals surface area contributed by atoms with Crippen LogP contribution in [0.2, 0.25) is 0 Å². The van der Waals surface area contributed by atoms with E-state index in [1.807, 2.05) is 0 Å². The number of Topliss-reactive ketones (excluding diaryl/α,β-unsaturated/α-hetero) is 1. The van der Waals surface area contributed by atoms with Gasteiger partial charge in [0.25, 0.3) is 0 Å². The van der Waals surface area contributed by atoms with Crippen LogP contribution in [-0.4, -0.2) is 19.4 Å². The molecule has 0 bridgehead atoms. The molecule has 15 heavy (non-hydrogen) atoms. The van der Waals surface area contributed by atoms with E-state index in [9.17, 15) is 4.79 Å². The van der Waals surface area contributed by atoms with Crippen LogP contribution in [0, 0.1) is 5.92 Å². The molecule has 1 fully saturated rings. The Kier molecular flexibility index (Phi) is 3.41. The van der Waals surface area contributed by atoms with Crippen LogP contribution >= 0.6 is 11.3 Å². The molecule has 0 unspecified atom stereocenters. The quantitative estimate of drug-likeness (QED) is 0.785. The molecule has 3 heteroatoms. The van der Waals surface area contributed by atoms with Crippen molar-refractivity contribution in [2.24, 2.45) is 5.92 Å². The molecule has 1 heterocycles. The second kappa shape index (κ2) is 4.79. The van der Waals surface area contributed by atoms with Crippen molar-refractivity contribution in [2.45, 2.75) is 25.7 Å². The molecule has 0 saturated heterocycles. The molecular weight excluding hydrogens is 206 g/mol. The highest BCUT2D eigenvalue weighted by Crippen LogP contribution is 2.26. The van der Waals surface area contributed by atoms with Gasteiger partial charge >= 0.3 is 0 Å². The van der Waals surface area contributed by atoms with Crippen LogP contribution < -0.4 is 4.90 Å². The maximum absolute atomic E-state index is 11.1. The van der Waals surface area contributed by atoms with Gasteiger partial charge in [-0.05, 0) is 36.3 Å². The third kappa shape index (κ3) is 2.81. The molecule has 0 radical (unpaired) electrons. The molecule has 82 valence electrons. The van der Waals surface area contributed by atoms with E-state index in [4.69, 9.17) is 0 Å². The molecule has 0 amide bonds. The van der Waals surface area contributed by atoms with Crippen molar-refractivity contribution in [1.29, 1.82) is 0 Å². The van der Waals surface area contributed by atoms with Gasteiger partial charge in [-0.2, -0.15) is 0 Å². The summed E-state index contributed by atoms with van der Waals surface area (Å²) in [5.41, 5.74) is 0. The van der Waals surface area contributed by atoms with Crippen LogP contribution in [0.4, 0.5) is 5.00 Å². The van der Waals surface area contributed by atoms with Crippen LogP contribution in [0.3, 0.4) is 0 Å². The number of carbonyl (C=O) groups excluding carboxylic acids is 1. The van der Waals surface area contributed by atoms with E-state index in [2.05, 4.69) is 29.5 Å². The van der Waals surface area contributed by atoms with Crippen LogP contribution in [-0.2, 0) is 4.79 Å². The molecule has 0 atom stereocenters. The lowest BCUT2D eigenvalue weighted by Gasteiger charge is -2.26. The summed E-state index contributed by atoms with van der Waals surface area (Å²) in [7, 11) is 2.14. The Bertz CT molecular complexity index is 310. The molecule has 1 saturated carbocycles. The number of rotatable bonds is 3. The highest BCUT2D eigenvalue weighted by atomic mass is 32.1. The number of hydrogen-bond acceptors (Lipinski definition) is 3. The Labute approximate surface area is 94.9 Å². The molecule has 0 N–H and O–H groups in total. The Balaban J connectivity index is 1.84. The zero-order valence-corrected chi connectivity index (χ0v) is 9.93. The smallest absolute Gasteiger partial charge is 0.132 e. The van der Waals surface area contributed by atoms with Gasteiger partial charge in [0, 0.05) is 26.4 Å². The molecule has 1 aromatic rings. The third-order valence-electron chi connectivity index (χ3n) is 3.08. The van der Waals surface area contributed by atoms with Crippen LogP contribution in [0.25, 0.3) is 0 Å². The number of thiophene rings is 1. The van der Waals surface area contributed by atoms with Crippen LogP contribution in [0.1, 0.15) is 25.7 Å². The van der Waals surface area contributed by atoms with Gasteiger partial charge in [0.05, 0.1) is 5.00 Å². The number of nitrogens with zero attached hydrogens (tertiary/aromatic N) is 1. The van der Waals surface area contributed by atoms with E-state index in [1.165, 1.54) is 5.00 Å². The maximum Gasteiger partial charge on any atom is 0.132 e. The van der Waals surface area contributed by atoms with Gasteiger partial charge in [0.2, 0.25) is 0 Å². The maximum atomic E-state index is 11.1. The zero-order chi connectivity index (χ0) is 10.7. The lowest BCUT2D eigenvalue weighted by Crippen LogP contribution is -2.27. The van der Waals surface area contributed by atoms with Gasteiger partial charge in [0.1, 0.15) is 5.78 Å². The van der Waals surface area contributed by atoms with E-state index >= 15 is 0 Å². The fourth-order valence-corrected chi connectivity index (χ4v) is 2.85. The fourth-order valence-electron chi connectivity index (χ4n) is 2.15. The first kappa shape index (κ1) is 10.7. The monoisotopic (exact) mass is 223 g/mol. The van der Waals surface area contributed by atoms with Crippen molar-refractivity contribution < 1.29 is 4.79 Å². The summed E-state index contributed by atoms with van der Waals surface area (Å²) in [6.45, 7) is 1.09.